The number of aliphatic hydroxyl groups excluding tert-OH is 2. The number of aromatic nitrogens is 3. The first-order valence-electron chi connectivity index (χ1n) is 14.1. The summed E-state index contributed by atoms with van der Waals surface area (Å²) in [5.41, 5.74) is 11.0. The summed E-state index contributed by atoms with van der Waals surface area (Å²) in [5.74, 6) is 1.77. The number of aliphatic hydroxyl groups is 2. The highest BCUT2D eigenvalue weighted by Gasteiger charge is 2.27. The maximum Gasteiger partial charge on any atom is 0.222 e. The van der Waals surface area contributed by atoms with Gasteiger partial charge < -0.3 is 40.6 Å². The Labute approximate surface area is 234 Å². The Balaban J connectivity index is 1.55. The number of nitrogens with one attached hydrogen (secondary N) is 2. The predicted molar refractivity (Wildman–Crippen MR) is 158 cm³/mol. The van der Waals surface area contributed by atoms with Crippen LogP contribution in [0.15, 0.2) is 42.5 Å². The van der Waals surface area contributed by atoms with Gasteiger partial charge in [0, 0.05) is 48.7 Å². The van der Waals surface area contributed by atoms with Crippen molar-refractivity contribution in [2.45, 2.75) is 51.4 Å². The summed E-state index contributed by atoms with van der Waals surface area (Å²) in [7, 11) is 1.69. The molecule has 6 N–H and O–H groups in total. The molecule has 5 rings (SSSR count). The maximum atomic E-state index is 9.66. The minimum absolute atomic E-state index is 0.0604. The van der Waals surface area contributed by atoms with Gasteiger partial charge in [0.25, 0.3) is 0 Å². The quantitative estimate of drug-likeness (QED) is 0.170. The lowest BCUT2D eigenvalue weighted by Crippen LogP contribution is -2.36. The molecule has 1 aliphatic heterocycles. The van der Waals surface area contributed by atoms with E-state index in [1.807, 2.05) is 18.2 Å². The number of anilines is 2. The molecule has 0 aliphatic carbocycles. The Morgan fingerprint density at radius 1 is 1.15 bits per heavy atom. The smallest absolute Gasteiger partial charge is 0.222 e. The summed E-state index contributed by atoms with van der Waals surface area (Å²) >= 11 is 0. The summed E-state index contributed by atoms with van der Waals surface area (Å²) in [5, 5.41) is 27.4. The van der Waals surface area contributed by atoms with Crippen LogP contribution in [0.25, 0.3) is 21.9 Å². The number of hydrogen-bond donors (Lipinski definition) is 5. The standard InChI is InChI=1S/C30H40N6O4/c1-3-6-22(11-12-37)33-29-28-27(34-30(31)35-29)23-7-4-5-8-25(23)36(28)15-20-13-19(9-10-26(20)39-2)14-32-24-18-40-17-21(24)16-38/h4-5,7-10,13,21-22,24,32,37-38H,3,6,11-12,14-18H2,1-2H3,(H3,31,33,34,35)/t21-,22+,24-/m1/s1. The van der Waals surface area contributed by atoms with Crippen molar-refractivity contribution in [3.05, 3.63) is 53.6 Å². The number of nitrogen functional groups attached to an aromatic ring is 1. The fourth-order valence-electron chi connectivity index (χ4n) is 5.69. The molecule has 0 amide bonds. The molecule has 0 unspecified atom stereocenters. The number of benzene rings is 2. The van der Waals surface area contributed by atoms with Crippen LogP contribution in [0.5, 0.6) is 5.75 Å². The molecule has 1 saturated heterocycles. The zero-order chi connectivity index (χ0) is 28.1. The lowest BCUT2D eigenvalue weighted by atomic mass is 10.0. The third-order valence-corrected chi connectivity index (χ3v) is 7.75. The van der Waals surface area contributed by atoms with Crippen molar-refractivity contribution in [2.75, 3.05) is 44.6 Å². The molecule has 0 bridgehead atoms. The molecule has 214 valence electrons. The molecular weight excluding hydrogens is 508 g/mol. The monoisotopic (exact) mass is 548 g/mol. The molecule has 1 aliphatic rings. The van der Waals surface area contributed by atoms with Crippen LogP contribution in [0.3, 0.4) is 0 Å². The first kappa shape index (κ1) is 28.1. The second kappa shape index (κ2) is 12.8. The fraction of sp³-hybridized carbons (Fsp3) is 0.467. The van der Waals surface area contributed by atoms with Crippen molar-refractivity contribution in [3.63, 3.8) is 0 Å². The zero-order valence-corrected chi connectivity index (χ0v) is 23.3. The Kier molecular flexibility index (Phi) is 9.01. The highest BCUT2D eigenvalue weighted by Crippen LogP contribution is 2.35. The van der Waals surface area contributed by atoms with Crippen LogP contribution in [0, 0.1) is 5.92 Å². The normalized spacial score (nSPS) is 18.0. The summed E-state index contributed by atoms with van der Waals surface area (Å²) in [6.07, 6.45) is 2.50. The van der Waals surface area contributed by atoms with Crippen LogP contribution in [-0.4, -0.2) is 70.4 Å². The summed E-state index contributed by atoms with van der Waals surface area (Å²) in [6.45, 7) is 4.70. The van der Waals surface area contributed by atoms with E-state index in [1.54, 1.807) is 7.11 Å². The van der Waals surface area contributed by atoms with Crippen LogP contribution < -0.4 is 21.1 Å². The van der Waals surface area contributed by atoms with E-state index in [-0.39, 0.29) is 37.2 Å². The molecule has 0 radical (unpaired) electrons. The van der Waals surface area contributed by atoms with Crippen LogP contribution in [-0.2, 0) is 17.8 Å². The van der Waals surface area contributed by atoms with Gasteiger partial charge in [-0.15, -0.1) is 0 Å². The van der Waals surface area contributed by atoms with Crippen molar-refractivity contribution in [1.29, 1.82) is 0 Å². The third kappa shape index (κ3) is 5.85. The third-order valence-electron chi connectivity index (χ3n) is 7.75. The largest absolute Gasteiger partial charge is 0.496 e. The fourth-order valence-corrected chi connectivity index (χ4v) is 5.69. The molecular formula is C30H40N6O4. The van der Waals surface area contributed by atoms with Crippen molar-refractivity contribution in [2.24, 2.45) is 5.92 Å². The van der Waals surface area contributed by atoms with E-state index >= 15 is 0 Å². The number of fused-ring (bicyclic) bond motifs is 3. The first-order chi connectivity index (χ1) is 19.6. The minimum atomic E-state index is 0.0604. The van der Waals surface area contributed by atoms with E-state index in [1.165, 1.54) is 0 Å². The van der Waals surface area contributed by atoms with Gasteiger partial charge in [0.15, 0.2) is 5.82 Å². The van der Waals surface area contributed by atoms with Gasteiger partial charge in [0.05, 0.1) is 32.4 Å². The lowest BCUT2D eigenvalue weighted by molar-refractivity contribution is 0.160. The number of hydrogen-bond acceptors (Lipinski definition) is 9. The molecule has 1 fully saturated rings. The average molecular weight is 549 g/mol. The SMILES string of the molecule is CCC[C@@H](CCO)Nc1nc(N)nc2c3ccccc3n(Cc3cc(CN[C@@H]4COC[C@H]4CO)ccc3OC)c12. The number of methoxy groups -OCH3 is 1. The van der Waals surface area contributed by atoms with Gasteiger partial charge >= 0.3 is 0 Å². The van der Waals surface area contributed by atoms with E-state index in [0.29, 0.717) is 38.5 Å². The molecule has 10 nitrogen and oxygen atoms in total. The molecule has 0 saturated carbocycles. The van der Waals surface area contributed by atoms with Gasteiger partial charge in [-0.3, -0.25) is 0 Å². The molecule has 3 heterocycles. The molecule has 2 aromatic heterocycles. The van der Waals surface area contributed by atoms with Gasteiger partial charge in [0.1, 0.15) is 16.8 Å². The second-order valence-corrected chi connectivity index (χ2v) is 10.5. The first-order valence-corrected chi connectivity index (χ1v) is 14.1. The maximum absolute atomic E-state index is 9.66. The number of para-hydroxylation sites is 1. The van der Waals surface area contributed by atoms with E-state index in [0.717, 1.165) is 51.7 Å². The van der Waals surface area contributed by atoms with Crippen LogP contribution in [0.1, 0.15) is 37.3 Å². The van der Waals surface area contributed by atoms with E-state index < -0.39 is 0 Å². The van der Waals surface area contributed by atoms with Gasteiger partial charge in [-0.2, -0.15) is 4.98 Å². The van der Waals surface area contributed by atoms with Crippen molar-refractivity contribution in [1.82, 2.24) is 19.9 Å². The van der Waals surface area contributed by atoms with E-state index in [2.05, 4.69) is 56.4 Å². The van der Waals surface area contributed by atoms with Gasteiger partial charge in [-0.25, -0.2) is 4.98 Å². The Bertz CT molecular complexity index is 1440. The Morgan fingerprint density at radius 3 is 2.77 bits per heavy atom. The van der Waals surface area contributed by atoms with Crippen molar-refractivity contribution < 1.29 is 19.7 Å². The van der Waals surface area contributed by atoms with E-state index in [4.69, 9.17) is 15.2 Å². The van der Waals surface area contributed by atoms with Gasteiger partial charge in [-0.1, -0.05) is 37.6 Å². The minimum Gasteiger partial charge on any atom is -0.496 e. The lowest BCUT2D eigenvalue weighted by Gasteiger charge is -2.20. The number of rotatable bonds is 13. The Hall–Kier alpha value is -3.44. The Morgan fingerprint density at radius 2 is 2.00 bits per heavy atom. The molecule has 40 heavy (non-hydrogen) atoms. The van der Waals surface area contributed by atoms with Crippen LogP contribution in [0.2, 0.25) is 0 Å². The number of nitrogens with two attached hydrogens (primary N) is 1. The molecule has 2 aromatic carbocycles. The second-order valence-electron chi connectivity index (χ2n) is 10.5. The average Bonchev–Trinajstić information content (AvgIpc) is 3.55. The van der Waals surface area contributed by atoms with Crippen LogP contribution >= 0.6 is 0 Å². The topological polar surface area (TPSA) is 140 Å². The summed E-state index contributed by atoms with van der Waals surface area (Å²) < 4.78 is 13.6. The highest BCUT2D eigenvalue weighted by atomic mass is 16.5. The summed E-state index contributed by atoms with van der Waals surface area (Å²) in [6, 6.07) is 14.6. The zero-order valence-electron chi connectivity index (χ0n) is 23.3. The molecule has 4 aromatic rings. The molecule has 3 atom stereocenters. The highest BCUT2D eigenvalue weighted by molar-refractivity contribution is 6.09. The van der Waals surface area contributed by atoms with Crippen LogP contribution in [0.4, 0.5) is 11.8 Å². The predicted octanol–water partition coefficient (Wildman–Crippen LogP) is 3.28. The number of ether oxygens (including phenoxy) is 2. The van der Waals surface area contributed by atoms with E-state index in [9.17, 15) is 10.2 Å². The van der Waals surface area contributed by atoms with Gasteiger partial charge in [0.2, 0.25) is 5.95 Å². The summed E-state index contributed by atoms with van der Waals surface area (Å²) in [4.78, 5) is 9.29. The van der Waals surface area contributed by atoms with Crippen molar-refractivity contribution >= 4 is 33.7 Å². The van der Waals surface area contributed by atoms with Crippen molar-refractivity contribution in [3.8, 4) is 5.75 Å². The molecule has 0 spiro atoms. The van der Waals surface area contributed by atoms with Gasteiger partial charge in [-0.05, 0) is 36.6 Å². The number of nitrogens with zero attached hydrogens (tertiary/aromatic N) is 3. The molecule has 10 heteroatoms.